The van der Waals surface area contributed by atoms with E-state index in [1.54, 1.807) is 6.07 Å². The molecule has 0 saturated carbocycles. The second kappa shape index (κ2) is 5.56. The molecule has 0 aromatic carbocycles. The molecule has 0 spiro atoms. The van der Waals surface area contributed by atoms with E-state index >= 15 is 0 Å². The Balaban J connectivity index is 0.000000232. The van der Waals surface area contributed by atoms with Gasteiger partial charge in [0.05, 0.1) is 0 Å². The predicted octanol–water partition coefficient (Wildman–Crippen LogP) is -0.374. The molecule has 19 heavy (non-hydrogen) atoms. The van der Waals surface area contributed by atoms with Crippen molar-refractivity contribution >= 4 is 7.82 Å². The minimum atomic E-state index is -4.64. The van der Waals surface area contributed by atoms with Crippen LogP contribution in [0.15, 0.2) is 23.0 Å². The molecule has 2 atom stereocenters. The average molecular weight is 288 g/mol. The highest BCUT2D eigenvalue weighted by Crippen LogP contribution is 2.31. The Bertz CT molecular complexity index is 544. The van der Waals surface area contributed by atoms with E-state index in [1.807, 2.05) is 10.6 Å². The van der Waals surface area contributed by atoms with Crippen LogP contribution >= 0.6 is 7.82 Å². The Morgan fingerprint density at radius 3 is 2.63 bits per heavy atom. The molecule has 0 aliphatic carbocycles. The minimum Gasteiger partial charge on any atom is -0.316 e. The van der Waals surface area contributed by atoms with Gasteiger partial charge in [-0.15, -0.1) is 0 Å². The van der Waals surface area contributed by atoms with Crippen molar-refractivity contribution in [3.05, 3.63) is 34.2 Å². The summed E-state index contributed by atoms with van der Waals surface area (Å²) >= 11 is 0. The van der Waals surface area contributed by atoms with E-state index in [0.29, 0.717) is 11.8 Å². The lowest BCUT2D eigenvalue weighted by Gasteiger charge is -2.37. The van der Waals surface area contributed by atoms with Crippen molar-refractivity contribution in [2.45, 2.75) is 18.9 Å². The summed E-state index contributed by atoms with van der Waals surface area (Å²) in [6.45, 7) is 3.00. The summed E-state index contributed by atoms with van der Waals surface area (Å²) < 4.78 is 10.8. The fraction of sp³-hybridized carbons (Fsp3) is 0.545. The zero-order valence-electron chi connectivity index (χ0n) is 10.3. The first-order valence-corrected chi connectivity index (χ1v) is 7.60. The zero-order chi connectivity index (χ0) is 14.0. The summed E-state index contributed by atoms with van der Waals surface area (Å²) in [5.74, 6) is 1.21. The van der Waals surface area contributed by atoms with Crippen LogP contribution in [0, 0.1) is 5.92 Å². The molecular formula is C11H17N2O5P. The average Bonchev–Trinajstić information content (AvgIpc) is 2.29. The summed E-state index contributed by atoms with van der Waals surface area (Å²) in [7, 11) is -4.64. The molecule has 2 bridgehead atoms. The van der Waals surface area contributed by atoms with Crippen LogP contribution in [0.25, 0.3) is 0 Å². The van der Waals surface area contributed by atoms with Gasteiger partial charge in [0.25, 0.3) is 5.56 Å². The van der Waals surface area contributed by atoms with Gasteiger partial charge in [0.1, 0.15) is 0 Å². The van der Waals surface area contributed by atoms with Crippen LogP contribution in [0.1, 0.15) is 18.0 Å². The molecule has 1 saturated heterocycles. The van der Waals surface area contributed by atoms with Crippen molar-refractivity contribution in [2.75, 3.05) is 13.1 Å². The van der Waals surface area contributed by atoms with E-state index in [2.05, 4.69) is 11.4 Å². The normalized spacial score (nSPS) is 25.0. The molecule has 0 radical (unpaired) electrons. The first-order valence-electron chi connectivity index (χ1n) is 6.03. The summed E-state index contributed by atoms with van der Waals surface area (Å²) in [5.41, 5.74) is 1.39. The van der Waals surface area contributed by atoms with E-state index in [4.69, 9.17) is 19.2 Å². The monoisotopic (exact) mass is 288 g/mol. The van der Waals surface area contributed by atoms with Crippen LogP contribution in [-0.4, -0.2) is 32.3 Å². The van der Waals surface area contributed by atoms with E-state index in [9.17, 15) is 4.79 Å². The standard InChI is InChI=1S/C11H14N2O.H3O4P/c14-11-3-1-2-10-9-4-8(5-12-6-9)7-13(10)11;1-5(2,3)4/h1-3,8-9,12H,4-7H2;(H3,1,2,3,4). The van der Waals surface area contributed by atoms with E-state index in [1.165, 1.54) is 12.1 Å². The van der Waals surface area contributed by atoms with Crippen molar-refractivity contribution in [3.63, 3.8) is 0 Å². The number of aromatic nitrogens is 1. The lowest BCUT2D eigenvalue weighted by molar-refractivity contribution is 0.257. The fourth-order valence-electron chi connectivity index (χ4n) is 2.74. The second-order valence-corrected chi connectivity index (χ2v) is 5.90. The summed E-state index contributed by atoms with van der Waals surface area (Å²) in [4.78, 5) is 33.2. The number of piperidine rings is 1. The molecule has 3 rings (SSSR count). The van der Waals surface area contributed by atoms with Crippen LogP contribution in [-0.2, 0) is 11.1 Å². The molecule has 1 aromatic heterocycles. The van der Waals surface area contributed by atoms with Crippen LogP contribution in [0.3, 0.4) is 0 Å². The van der Waals surface area contributed by atoms with E-state index < -0.39 is 7.82 Å². The second-order valence-electron chi connectivity index (χ2n) is 4.87. The Hall–Kier alpha value is -0.980. The summed E-state index contributed by atoms with van der Waals surface area (Å²) in [5, 5.41) is 3.43. The SMILES string of the molecule is O=P(O)(O)O.O=c1cccc2n1CC1CNCC2C1. The van der Waals surface area contributed by atoms with Crippen molar-refractivity contribution in [1.82, 2.24) is 9.88 Å². The number of rotatable bonds is 0. The van der Waals surface area contributed by atoms with Crippen molar-refractivity contribution in [1.29, 1.82) is 0 Å². The zero-order valence-corrected chi connectivity index (χ0v) is 11.2. The van der Waals surface area contributed by atoms with E-state index in [0.717, 1.165) is 19.6 Å². The Morgan fingerprint density at radius 1 is 1.26 bits per heavy atom. The molecule has 4 N–H and O–H groups in total. The maximum atomic E-state index is 11.6. The molecule has 2 aliphatic heterocycles. The molecule has 2 unspecified atom stereocenters. The van der Waals surface area contributed by atoms with Crippen LogP contribution < -0.4 is 10.9 Å². The maximum Gasteiger partial charge on any atom is 0.466 e. The highest BCUT2D eigenvalue weighted by molar-refractivity contribution is 7.45. The number of nitrogens with one attached hydrogen (secondary N) is 1. The van der Waals surface area contributed by atoms with Gasteiger partial charge in [0.15, 0.2) is 0 Å². The third-order valence-electron chi connectivity index (χ3n) is 3.38. The number of nitrogens with zero attached hydrogens (tertiary/aromatic N) is 1. The van der Waals surface area contributed by atoms with Crippen molar-refractivity contribution < 1.29 is 19.2 Å². The van der Waals surface area contributed by atoms with E-state index in [-0.39, 0.29) is 5.56 Å². The lowest BCUT2D eigenvalue weighted by Crippen LogP contribution is -2.44. The number of fused-ring (bicyclic) bond motifs is 4. The molecule has 1 aromatic rings. The smallest absolute Gasteiger partial charge is 0.316 e. The lowest BCUT2D eigenvalue weighted by atomic mass is 9.84. The van der Waals surface area contributed by atoms with Crippen LogP contribution in [0.2, 0.25) is 0 Å². The van der Waals surface area contributed by atoms with Crippen molar-refractivity contribution in [3.8, 4) is 0 Å². The first-order chi connectivity index (χ1) is 8.84. The Morgan fingerprint density at radius 2 is 1.95 bits per heavy atom. The first kappa shape index (κ1) is 14.4. The molecule has 106 valence electrons. The molecule has 3 heterocycles. The molecular weight excluding hydrogens is 271 g/mol. The van der Waals surface area contributed by atoms with Crippen LogP contribution in [0.4, 0.5) is 0 Å². The fourth-order valence-corrected chi connectivity index (χ4v) is 2.74. The van der Waals surface area contributed by atoms with Gasteiger partial charge in [-0.1, -0.05) is 6.07 Å². The maximum absolute atomic E-state index is 11.6. The van der Waals surface area contributed by atoms with Gasteiger partial charge in [0.2, 0.25) is 0 Å². The number of hydrogen-bond acceptors (Lipinski definition) is 3. The van der Waals surface area contributed by atoms with Gasteiger partial charge in [-0.25, -0.2) is 4.57 Å². The minimum absolute atomic E-state index is 0.166. The number of phosphoric acid groups is 1. The quantitative estimate of drug-likeness (QED) is 0.484. The number of pyridine rings is 1. The van der Waals surface area contributed by atoms with Gasteiger partial charge in [-0.05, 0) is 24.9 Å². The molecule has 0 amide bonds. The third-order valence-corrected chi connectivity index (χ3v) is 3.38. The predicted molar refractivity (Wildman–Crippen MR) is 68.7 cm³/mol. The van der Waals surface area contributed by atoms with Crippen LogP contribution in [0.5, 0.6) is 0 Å². The van der Waals surface area contributed by atoms with Gasteiger partial charge in [-0.3, -0.25) is 4.79 Å². The highest BCUT2D eigenvalue weighted by atomic mass is 31.2. The van der Waals surface area contributed by atoms with Gasteiger partial charge in [0, 0.05) is 30.8 Å². The summed E-state index contributed by atoms with van der Waals surface area (Å²) in [6, 6.07) is 5.64. The Kier molecular flexibility index (Phi) is 4.23. The van der Waals surface area contributed by atoms with Gasteiger partial charge >= 0.3 is 7.82 Å². The molecule has 8 heteroatoms. The van der Waals surface area contributed by atoms with Gasteiger partial charge < -0.3 is 24.6 Å². The number of hydrogen-bond donors (Lipinski definition) is 4. The third kappa shape index (κ3) is 3.99. The Labute approximate surface area is 110 Å². The largest absolute Gasteiger partial charge is 0.466 e. The van der Waals surface area contributed by atoms with Gasteiger partial charge in [-0.2, -0.15) is 0 Å². The highest BCUT2D eigenvalue weighted by Gasteiger charge is 2.30. The molecule has 2 aliphatic rings. The topological polar surface area (TPSA) is 112 Å². The van der Waals surface area contributed by atoms with Crippen molar-refractivity contribution in [2.24, 2.45) is 5.92 Å². The molecule has 7 nitrogen and oxygen atoms in total. The molecule has 1 fully saturated rings. The summed E-state index contributed by atoms with van der Waals surface area (Å²) in [6.07, 6.45) is 1.25.